The summed E-state index contributed by atoms with van der Waals surface area (Å²) in [5, 5.41) is 7.05. The molecule has 132 valence electrons. The van der Waals surface area contributed by atoms with Crippen LogP contribution in [0.4, 0.5) is 0 Å². The highest BCUT2D eigenvalue weighted by atomic mass is 79.9. The molecule has 0 radical (unpaired) electrons. The molecular weight excluding hydrogens is 386 g/mol. The average molecular weight is 406 g/mol. The van der Waals surface area contributed by atoms with E-state index < -0.39 is 5.97 Å². The lowest BCUT2D eigenvalue weighted by molar-refractivity contribution is -0.142. The first-order valence-electron chi connectivity index (χ1n) is 8.21. The number of nitrogens with one attached hydrogen (secondary N) is 1. The Balaban J connectivity index is 1.58. The quantitative estimate of drug-likeness (QED) is 0.749. The second-order valence-electron chi connectivity index (χ2n) is 6.25. The molecule has 1 aromatic carbocycles. The number of aromatic nitrogens is 2. The predicted molar refractivity (Wildman–Crippen MR) is 96.8 cm³/mol. The van der Waals surface area contributed by atoms with Crippen LogP contribution in [0.3, 0.4) is 0 Å². The lowest BCUT2D eigenvalue weighted by Crippen LogP contribution is -2.30. The molecule has 1 amide bonds. The highest BCUT2D eigenvalue weighted by molar-refractivity contribution is 9.10. The Bertz CT molecular complexity index is 795. The summed E-state index contributed by atoms with van der Waals surface area (Å²) in [6.07, 6.45) is 2.25. The van der Waals surface area contributed by atoms with Crippen molar-refractivity contribution in [3.05, 3.63) is 45.7 Å². The minimum absolute atomic E-state index is 0.113. The van der Waals surface area contributed by atoms with Gasteiger partial charge in [0.25, 0.3) is 5.91 Å². The monoisotopic (exact) mass is 405 g/mol. The third-order valence-electron chi connectivity index (χ3n) is 4.15. The predicted octanol–water partition coefficient (Wildman–Crippen LogP) is 2.93. The van der Waals surface area contributed by atoms with Crippen molar-refractivity contribution in [2.75, 3.05) is 13.2 Å². The SMILES string of the molecule is Cc1nn(-c2ccc(C(=O)NCC(=O)OCC3CC3)cc2)c(C)c1Br. The van der Waals surface area contributed by atoms with Gasteiger partial charge in [0.15, 0.2) is 0 Å². The van der Waals surface area contributed by atoms with Crippen molar-refractivity contribution in [2.24, 2.45) is 5.92 Å². The highest BCUT2D eigenvalue weighted by Gasteiger charge is 2.23. The maximum absolute atomic E-state index is 12.1. The molecule has 6 nitrogen and oxygen atoms in total. The van der Waals surface area contributed by atoms with Gasteiger partial charge < -0.3 is 10.1 Å². The van der Waals surface area contributed by atoms with Crippen LogP contribution >= 0.6 is 15.9 Å². The Labute approximate surface area is 154 Å². The second-order valence-corrected chi connectivity index (χ2v) is 7.05. The zero-order valence-corrected chi connectivity index (χ0v) is 15.8. The van der Waals surface area contributed by atoms with E-state index in [1.54, 1.807) is 12.1 Å². The van der Waals surface area contributed by atoms with Gasteiger partial charge >= 0.3 is 5.97 Å². The van der Waals surface area contributed by atoms with Gasteiger partial charge in [0.05, 0.1) is 28.2 Å². The van der Waals surface area contributed by atoms with Gasteiger partial charge in [-0.3, -0.25) is 9.59 Å². The van der Waals surface area contributed by atoms with Gasteiger partial charge in [0, 0.05) is 5.56 Å². The number of esters is 1. The van der Waals surface area contributed by atoms with Crippen LogP contribution in [0.25, 0.3) is 5.69 Å². The van der Waals surface area contributed by atoms with Gasteiger partial charge in [-0.05, 0) is 72.8 Å². The Morgan fingerprint density at radius 3 is 2.52 bits per heavy atom. The molecule has 1 aliphatic rings. The molecule has 0 spiro atoms. The fraction of sp³-hybridized carbons (Fsp3) is 0.389. The zero-order chi connectivity index (χ0) is 18.0. The average Bonchev–Trinajstić information content (AvgIpc) is 3.41. The zero-order valence-electron chi connectivity index (χ0n) is 14.2. The van der Waals surface area contributed by atoms with E-state index in [9.17, 15) is 9.59 Å². The summed E-state index contributed by atoms with van der Waals surface area (Å²) in [6.45, 7) is 4.25. The van der Waals surface area contributed by atoms with Crippen molar-refractivity contribution in [3.63, 3.8) is 0 Å². The van der Waals surface area contributed by atoms with Gasteiger partial charge in [-0.1, -0.05) is 0 Å². The van der Waals surface area contributed by atoms with E-state index in [1.807, 2.05) is 30.7 Å². The summed E-state index contributed by atoms with van der Waals surface area (Å²) < 4.78 is 7.87. The molecule has 2 aromatic rings. The molecule has 3 rings (SSSR count). The number of carbonyl (C=O) groups is 2. The van der Waals surface area contributed by atoms with E-state index in [4.69, 9.17) is 4.74 Å². The Kier molecular flexibility index (Phi) is 5.22. The van der Waals surface area contributed by atoms with Gasteiger partial charge in [0.2, 0.25) is 0 Å². The maximum Gasteiger partial charge on any atom is 0.325 e. The van der Waals surface area contributed by atoms with Crippen molar-refractivity contribution >= 4 is 27.8 Å². The number of ether oxygens (including phenoxy) is 1. The summed E-state index contributed by atoms with van der Waals surface area (Å²) in [6, 6.07) is 7.08. The molecule has 25 heavy (non-hydrogen) atoms. The Hall–Kier alpha value is -2.15. The van der Waals surface area contributed by atoms with Crippen molar-refractivity contribution in [1.82, 2.24) is 15.1 Å². The molecular formula is C18H20BrN3O3. The normalized spacial score (nSPS) is 13.6. The van der Waals surface area contributed by atoms with Gasteiger partial charge in [-0.25, -0.2) is 4.68 Å². The third-order valence-corrected chi connectivity index (χ3v) is 5.29. The number of halogens is 1. The Morgan fingerprint density at radius 2 is 1.96 bits per heavy atom. The van der Waals surface area contributed by atoms with Crippen LogP contribution in [-0.4, -0.2) is 34.8 Å². The summed E-state index contributed by atoms with van der Waals surface area (Å²) in [4.78, 5) is 23.7. The van der Waals surface area contributed by atoms with Gasteiger partial charge in [0.1, 0.15) is 6.54 Å². The van der Waals surface area contributed by atoms with Crippen LogP contribution < -0.4 is 5.32 Å². The van der Waals surface area contributed by atoms with Crippen molar-refractivity contribution in [1.29, 1.82) is 0 Å². The van der Waals surface area contributed by atoms with Crippen LogP contribution in [0.15, 0.2) is 28.7 Å². The molecule has 0 aliphatic heterocycles. The number of hydrogen-bond donors (Lipinski definition) is 1. The summed E-state index contributed by atoms with van der Waals surface area (Å²) in [5.74, 6) is -0.185. The molecule has 1 fully saturated rings. The number of carbonyl (C=O) groups excluding carboxylic acids is 2. The van der Waals surface area contributed by atoms with Gasteiger partial charge in [-0.15, -0.1) is 0 Å². The van der Waals surface area contributed by atoms with E-state index in [0.717, 1.165) is 34.4 Å². The van der Waals surface area contributed by atoms with Crippen molar-refractivity contribution in [2.45, 2.75) is 26.7 Å². The van der Waals surface area contributed by atoms with Gasteiger partial charge in [-0.2, -0.15) is 5.10 Å². The summed E-state index contributed by atoms with van der Waals surface area (Å²) in [5.41, 5.74) is 3.25. The fourth-order valence-corrected chi connectivity index (χ4v) is 2.68. The molecule has 1 aromatic heterocycles. The highest BCUT2D eigenvalue weighted by Crippen LogP contribution is 2.28. The summed E-state index contributed by atoms with van der Waals surface area (Å²) in [7, 11) is 0. The molecule has 1 saturated carbocycles. The van der Waals surface area contributed by atoms with Crippen LogP contribution in [0, 0.1) is 19.8 Å². The number of amides is 1. The van der Waals surface area contributed by atoms with Crippen molar-refractivity contribution in [3.8, 4) is 5.69 Å². The Morgan fingerprint density at radius 1 is 1.28 bits per heavy atom. The minimum atomic E-state index is -0.399. The number of nitrogens with zero attached hydrogens (tertiary/aromatic N) is 2. The number of hydrogen-bond acceptors (Lipinski definition) is 4. The van der Waals surface area contributed by atoms with E-state index in [1.165, 1.54) is 0 Å². The van der Waals surface area contributed by atoms with Crippen molar-refractivity contribution < 1.29 is 14.3 Å². The first-order valence-corrected chi connectivity index (χ1v) is 9.01. The van der Waals surface area contributed by atoms with E-state index in [0.29, 0.717) is 18.1 Å². The topological polar surface area (TPSA) is 73.2 Å². The van der Waals surface area contributed by atoms with Crippen LogP contribution in [-0.2, 0) is 9.53 Å². The lowest BCUT2D eigenvalue weighted by Gasteiger charge is -2.08. The molecule has 0 atom stereocenters. The molecule has 1 heterocycles. The number of rotatable bonds is 6. The first-order chi connectivity index (χ1) is 12.0. The molecule has 0 bridgehead atoms. The second kappa shape index (κ2) is 7.39. The molecule has 1 aliphatic carbocycles. The lowest BCUT2D eigenvalue weighted by atomic mass is 10.2. The minimum Gasteiger partial charge on any atom is -0.464 e. The van der Waals surface area contributed by atoms with E-state index in [-0.39, 0.29) is 12.5 Å². The molecule has 0 saturated heterocycles. The van der Waals surface area contributed by atoms with Crippen LogP contribution in [0.2, 0.25) is 0 Å². The number of benzene rings is 1. The summed E-state index contributed by atoms with van der Waals surface area (Å²) >= 11 is 3.50. The largest absolute Gasteiger partial charge is 0.464 e. The van der Waals surface area contributed by atoms with Crippen LogP contribution in [0.5, 0.6) is 0 Å². The fourth-order valence-electron chi connectivity index (χ4n) is 2.43. The standard InChI is InChI=1S/C18H20BrN3O3/c1-11-17(19)12(2)22(21-11)15-7-5-14(6-8-15)18(24)20-9-16(23)25-10-13-3-4-13/h5-8,13H,3-4,9-10H2,1-2H3,(H,20,24). The molecule has 7 heteroatoms. The number of aryl methyl sites for hydroxylation is 1. The molecule has 0 unspecified atom stereocenters. The first kappa shape index (κ1) is 17.7. The third kappa shape index (κ3) is 4.28. The molecule has 1 N–H and O–H groups in total. The maximum atomic E-state index is 12.1. The van der Waals surface area contributed by atoms with E-state index in [2.05, 4.69) is 26.3 Å². The smallest absolute Gasteiger partial charge is 0.325 e. The van der Waals surface area contributed by atoms with E-state index >= 15 is 0 Å². The van der Waals surface area contributed by atoms with Crippen LogP contribution in [0.1, 0.15) is 34.6 Å².